The van der Waals surface area contributed by atoms with Gasteiger partial charge in [-0.2, -0.15) is 0 Å². The van der Waals surface area contributed by atoms with Crippen molar-refractivity contribution in [2.24, 2.45) is 0 Å². The van der Waals surface area contributed by atoms with Crippen LogP contribution in [0.3, 0.4) is 0 Å². The van der Waals surface area contributed by atoms with Crippen LogP contribution in [0.1, 0.15) is 49.4 Å². The summed E-state index contributed by atoms with van der Waals surface area (Å²) in [7, 11) is 0. The largest absolute Gasteiger partial charge is 0.506 e. The van der Waals surface area contributed by atoms with Gasteiger partial charge >= 0.3 is 0 Å². The summed E-state index contributed by atoms with van der Waals surface area (Å²) in [6.45, 7) is 6.65. The average Bonchev–Trinajstić information content (AvgIpc) is 2.76. The Morgan fingerprint density at radius 1 is 1.19 bits per heavy atom. The quantitative estimate of drug-likeness (QED) is 0.333. The van der Waals surface area contributed by atoms with E-state index in [1.807, 2.05) is 45.0 Å². The topological polar surface area (TPSA) is 126 Å². The van der Waals surface area contributed by atoms with Crippen LogP contribution in [-0.2, 0) is 24.2 Å². The molecule has 5 N–H and O–H groups in total. The van der Waals surface area contributed by atoms with Crippen LogP contribution in [-0.4, -0.2) is 68.0 Å². The number of carbonyl (C=O) groups excluding carboxylic acids is 1. The third-order valence-electron chi connectivity index (χ3n) is 5.33. The molecule has 1 heterocycles. The standard InChI is InChI=1S/C24H35N3O5/c1-4-27(10-11-28)23(32)13-17-6-5-7-18(12-17)14-24(2,3)25-15-22(31)19-8-9-21(30)20(16-29)26-19/h5-9,12,22,25,28-31H,4,10-11,13-16H2,1-3H3. The van der Waals surface area contributed by atoms with Crippen molar-refractivity contribution < 1.29 is 25.2 Å². The van der Waals surface area contributed by atoms with Crippen LogP contribution in [0.25, 0.3) is 0 Å². The maximum absolute atomic E-state index is 12.4. The normalized spacial score (nSPS) is 12.6. The van der Waals surface area contributed by atoms with Gasteiger partial charge in [0.2, 0.25) is 5.91 Å². The molecule has 1 amide bonds. The van der Waals surface area contributed by atoms with Crippen LogP contribution in [0.2, 0.25) is 0 Å². The van der Waals surface area contributed by atoms with Crippen molar-refractivity contribution in [3.63, 3.8) is 0 Å². The van der Waals surface area contributed by atoms with Crippen molar-refractivity contribution >= 4 is 5.91 Å². The number of amides is 1. The highest BCUT2D eigenvalue weighted by molar-refractivity contribution is 5.78. The molecule has 1 aromatic carbocycles. The van der Waals surface area contributed by atoms with Crippen molar-refractivity contribution in [3.8, 4) is 5.75 Å². The fourth-order valence-corrected chi connectivity index (χ4v) is 3.58. The number of nitrogens with zero attached hydrogens (tertiary/aromatic N) is 2. The van der Waals surface area contributed by atoms with E-state index in [9.17, 15) is 20.1 Å². The van der Waals surface area contributed by atoms with Crippen molar-refractivity contribution in [1.82, 2.24) is 15.2 Å². The highest BCUT2D eigenvalue weighted by Crippen LogP contribution is 2.20. The molecule has 0 bridgehead atoms. The molecular weight excluding hydrogens is 410 g/mol. The van der Waals surface area contributed by atoms with Crippen LogP contribution >= 0.6 is 0 Å². The predicted octanol–water partition coefficient (Wildman–Crippen LogP) is 1.31. The molecule has 8 nitrogen and oxygen atoms in total. The van der Waals surface area contributed by atoms with E-state index in [-0.39, 0.29) is 42.5 Å². The smallest absolute Gasteiger partial charge is 0.227 e. The van der Waals surface area contributed by atoms with E-state index in [1.165, 1.54) is 12.1 Å². The molecule has 1 unspecified atom stereocenters. The van der Waals surface area contributed by atoms with Gasteiger partial charge in [0.1, 0.15) is 17.5 Å². The van der Waals surface area contributed by atoms with E-state index in [0.717, 1.165) is 11.1 Å². The second-order valence-electron chi connectivity index (χ2n) is 8.51. The third-order valence-corrected chi connectivity index (χ3v) is 5.33. The minimum Gasteiger partial charge on any atom is -0.506 e. The van der Waals surface area contributed by atoms with Crippen molar-refractivity contribution in [3.05, 3.63) is 58.9 Å². The van der Waals surface area contributed by atoms with E-state index in [1.54, 1.807) is 4.90 Å². The first-order valence-corrected chi connectivity index (χ1v) is 10.9. The number of rotatable bonds is 12. The van der Waals surface area contributed by atoms with Crippen molar-refractivity contribution in [2.75, 3.05) is 26.2 Å². The van der Waals surface area contributed by atoms with E-state index in [4.69, 9.17) is 5.11 Å². The summed E-state index contributed by atoms with van der Waals surface area (Å²) >= 11 is 0. The zero-order valence-corrected chi connectivity index (χ0v) is 19.1. The van der Waals surface area contributed by atoms with Gasteiger partial charge in [-0.3, -0.25) is 4.79 Å². The number of benzene rings is 1. The molecule has 0 aliphatic heterocycles. The van der Waals surface area contributed by atoms with Gasteiger partial charge in [0, 0.05) is 25.2 Å². The second kappa shape index (κ2) is 11.9. The Balaban J connectivity index is 1.98. The van der Waals surface area contributed by atoms with Gasteiger partial charge in [-0.1, -0.05) is 24.3 Å². The molecule has 0 saturated carbocycles. The van der Waals surface area contributed by atoms with Crippen LogP contribution in [0.4, 0.5) is 0 Å². The molecule has 0 fully saturated rings. The lowest BCUT2D eigenvalue weighted by Gasteiger charge is -2.28. The van der Waals surface area contributed by atoms with Gasteiger partial charge in [0.25, 0.3) is 0 Å². The Kier molecular flexibility index (Phi) is 9.59. The fraction of sp³-hybridized carbons (Fsp3) is 0.500. The first-order valence-electron chi connectivity index (χ1n) is 10.9. The zero-order chi connectivity index (χ0) is 23.7. The van der Waals surface area contributed by atoms with Gasteiger partial charge in [0.05, 0.1) is 25.3 Å². The van der Waals surface area contributed by atoms with E-state index in [2.05, 4.69) is 10.3 Å². The highest BCUT2D eigenvalue weighted by atomic mass is 16.3. The molecule has 1 atom stereocenters. The lowest BCUT2D eigenvalue weighted by molar-refractivity contribution is -0.130. The monoisotopic (exact) mass is 445 g/mol. The lowest BCUT2D eigenvalue weighted by atomic mass is 9.93. The Bertz CT molecular complexity index is 888. The van der Waals surface area contributed by atoms with Crippen LogP contribution in [0.5, 0.6) is 5.75 Å². The number of aliphatic hydroxyl groups excluding tert-OH is 3. The number of pyridine rings is 1. The van der Waals surface area contributed by atoms with Crippen molar-refractivity contribution in [1.29, 1.82) is 0 Å². The predicted molar refractivity (Wildman–Crippen MR) is 122 cm³/mol. The molecule has 1 aromatic heterocycles. The molecule has 32 heavy (non-hydrogen) atoms. The lowest BCUT2D eigenvalue weighted by Crippen LogP contribution is -2.43. The highest BCUT2D eigenvalue weighted by Gasteiger charge is 2.21. The van der Waals surface area contributed by atoms with Gasteiger partial charge in [0.15, 0.2) is 0 Å². The molecule has 0 spiro atoms. The summed E-state index contributed by atoms with van der Waals surface area (Å²) in [5.41, 5.74) is 2.15. The zero-order valence-electron chi connectivity index (χ0n) is 19.1. The summed E-state index contributed by atoms with van der Waals surface area (Å²) in [4.78, 5) is 18.2. The maximum Gasteiger partial charge on any atom is 0.227 e. The minimum absolute atomic E-state index is 0.0112. The molecular formula is C24H35N3O5. The molecule has 2 rings (SSSR count). The number of nitrogens with one attached hydrogen (secondary N) is 1. The number of β-amino-alcohol motifs (C(OH)–C–C–N with tert-alkyl or cyclic N) is 1. The SMILES string of the molecule is CCN(CCO)C(=O)Cc1cccc(CC(C)(C)NCC(O)c2ccc(O)c(CO)n2)c1. The number of carbonyl (C=O) groups is 1. The molecule has 0 radical (unpaired) electrons. The first kappa shape index (κ1) is 25.7. The number of aliphatic hydroxyl groups is 3. The molecule has 0 saturated heterocycles. The molecule has 0 aliphatic carbocycles. The average molecular weight is 446 g/mol. The summed E-state index contributed by atoms with van der Waals surface area (Å²) in [5, 5.41) is 41.8. The third kappa shape index (κ3) is 7.56. The minimum atomic E-state index is -0.893. The molecule has 2 aromatic rings. The van der Waals surface area contributed by atoms with Crippen LogP contribution < -0.4 is 5.32 Å². The van der Waals surface area contributed by atoms with Gasteiger partial charge in [-0.25, -0.2) is 4.98 Å². The van der Waals surface area contributed by atoms with E-state index in [0.29, 0.717) is 25.2 Å². The fourth-order valence-electron chi connectivity index (χ4n) is 3.58. The van der Waals surface area contributed by atoms with Crippen LogP contribution in [0.15, 0.2) is 36.4 Å². The number of likely N-dealkylation sites (N-methyl/N-ethyl adjacent to an activating group) is 1. The van der Waals surface area contributed by atoms with Gasteiger partial charge < -0.3 is 30.6 Å². The number of hydrogen-bond acceptors (Lipinski definition) is 7. The second-order valence-corrected chi connectivity index (χ2v) is 8.51. The molecule has 8 heteroatoms. The molecule has 0 aliphatic rings. The number of aromatic hydroxyl groups is 1. The van der Waals surface area contributed by atoms with Gasteiger partial charge in [-0.15, -0.1) is 0 Å². The first-order chi connectivity index (χ1) is 15.2. The van der Waals surface area contributed by atoms with Crippen molar-refractivity contribution in [2.45, 2.75) is 51.9 Å². The Labute approximate surface area is 189 Å². The van der Waals surface area contributed by atoms with Gasteiger partial charge in [-0.05, 0) is 50.5 Å². The Hall–Kier alpha value is -2.52. The summed E-state index contributed by atoms with van der Waals surface area (Å²) < 4.78 is 0. The van der Waals surface area contributed by atoms with Crippen LogP contribution in [0, 0.1) is 0 Å². The molecule has 176 valence electrons. The van der Waals surface area contributed by atoms with E-state index >= 15 is 0 Å². The maximum atomic E-state index is 12.4. The number of aromatic nitrogens is 1. The Morgan fingerprint density at radius 3 is 2.56 bits per heavy atom. The Morgan fingerprint density at radius 2 is 1.91 bits per heavy atom. The summed E-state index contributed by atoms with van der Waals surface area (Å²) in [6.07, 6.45) is 0.0741. The summed E-state index contributed by atoms with van der Waals surface area (Å²) in [5.74, 6) is -0.114. The van der Waals surface area contributed by atoms with E-state index < -0.39 is 12.7 Å². The summed E-state index contributed by atoms with van der Waals surface area (Å²) in [6, 6.07) is 10.8. The number of hydrogen-bond donors (Lipinski definition) is 5.